The summed E-state index contributed by atoms with van der Waals surface area (Å²) in [5.41, 5.74) is 14.7. The van der Waals surface area contributed by atoms with Crippen LogP contribution in [0.1, 0.15) is 28.3 Å². The third kappa shape index (κ3) is 3.76. The molecule has 1 atom stereocenters. The van der Waals surface area contributed by atoms with E-state index in [0.29, 0.717) is 18.0 Å². The van der Waals surface area contributed by atoms with Crippen molar-refractivity contribution in [1.82, 2.24) is 10.3 Å². The fourth-order valence-electron chi connectivity index (χ4n) is 3.42. The van der Waals surface area contributed by atoms with Crippen LogP contribution < -0.4 is 26.8 Å². The molecule has 0 radical (unpaired) electrons. The number of aromatic nitrogens is 1. The molecule has 0 aliphatic carbocycles. The van der Waals surface area contributed by atoms with Crippen molar-refractivity contribution in [3.63, 3.8) is 0 Å². The lowest BCUT2D eigenvalue weighted by molar-refractivity contribution is 0.304. The van der Waals surface area contributed by atoms with Crippen LogP contribution in [-0.4, -0.2) is 10.9 Å². The minimum atomic E-state index is -0.622. The van der Waals surface area contributed by atoms with Gasteiger partial charge in [0.1, 0.15) is 41.7 Å². The Morgan fingerprint density at radius 1 is 1.06 bits per heavy atom. The number of benzene rings is 2. The maximum Gasteiger partial charge on any atom is 0.211 e. The predicted octanol–water partition coefficient (Wildman–Crippen LogP) is 2.64. The summed E-state index contributed by atoms with van der Waals surface area (Å²) in [6, 6.07) is 18.4. The van der Waals surface area contributed by atoms with E-state index in [4.69, 9.17) is 21.5 Å². The number of nitrogen functional groups attached to an aromatic ring is 2. The van der Waals surface area contributed by atoms with Crippen molar-refractivity contribution in [3.8, 4) is 18.0 Å². The van der Waals surface area contributed by atoms with E-state index in [0.717, 1.165) is 16.9 Å². The molecule has 9 heteroatoms. The number of fused-ring (bicyclic) bond motifs is 1. The molecule has 6 N–H and O–H groups in total. The molecule has 0 amide bonds. The highest BCUT2D eigenvalue weighted by Crippen LogP contribution is 2.41. The van der Waals surface area contributed by atoms with Crippen molar-refractivity contribution >= 4 is 23.3 Å². The highest BCUT2D eigenvalue weighted by atomic mass is 16.5. The molecule has 3 aromatic rings. The van der Waals surface area contributed by atoms with E-state index < -0.39 is 6.04 Å². The standard InChI is InChI=1S/C22H18N8O/c23-10-16-18(25)17-19(28-22(27-12-24)30-21(17)29-20(16)26)15-9-5-4-6-13(15)11-31-14-7-2-1-3-8-14/h1-9,19H,11H2,(H6,25,26,27,28,29,30). The van der Waals surface area contributed by atoms with Gasteiger partial charge in [-0.1, -0.05) is 42.5 Å². The summed E-state index contributed by atoms with van der Waals surface area (Å²) in [6.45, 7) is 0.295. The van der Waals surface area contributed by atoms with Crippen LogP contribution >= 0.6 is 0 Å². The summed E-state index contributed by atoms with van der Waals surface area (Å²) in [7, 11) is 0. The Kier molecular flexibility index (Phi) is 5.24. The number of para-hydroxylation sites is 1. The molecule has 2 heterocycles. The summed E-state index contributed by atoms with van der Waals surface area (Å²) in [5.74, 6) is 1.28. The fourth-order valence-corrected chi connectivity index (χ4v) is 3.42. The number of ether oxygens (including phenoxy) is 1. The molecule has 0 saturated carbocycles. The normalized spacial score (nSPS) is 14.3. The highest BCUT2D eigenvalue weighted by molar-refractivity contribution is 5.98. The van der Waals surface area contributed by atoms with Gasteiger partial charge in [0.25, 0.3) is 0 Å². The number of nitrogens with two attached hydrogens (primary N) is 2. The van der Waals surface area contributed by atoms with Crippen LogP contribution in [0.4, 0.5) is 17.3 Å². The third-order valence-corrected chi connectivity index (χ3v) is 4.84. The Bertz CT molecular complexity index is 1240. The van der Waals surface area contributed by atoms with Crippen molar-refractivity contribution in [3.05, 3.63) is 76.9 Å². The number of hydrogen-bond acceptors (Lipinski definition) is 9. The van der Waals surface area contributed by atoms with Crippen LogP contribution in [0, 0.1) is 22.8 Å². The monoisotopic (exact) mass is 410 g/mol. The molecule has 152 valence electrons. The quantitative estimate of drug-likeness (QED) is 0.377. The fraction of sp³-hybridized carbons (Fsp3) is 0.0909. The third-order valence-electron chi connectivity index (χ3n) is 4.84. The average molecular weight is 410 g/mol. The predicted molar refractivity (Wildman–Crippen MR) is 117 cm³/mol. The molecule has 4 rings (SSSR count). The van der Waals surface area contributed by atoms with E-state index in [1.807, 2.05) is 66.9 Å². The van der Waals surface area contributed by atoms with Crippen LogP contribution in [0.2, 0.25) is 0 Å². The summed E-state index contributed by atoms with van der Waals surface area (Å²) < 4.78 is 5.93. The molecule has 1 aliphatic heterocycles. The van der Waals surface area contributed by atoms with Crippen LogP contribution in [-0.2, 0) is 6.61 Å². The molecular weight excluding hydrogens is 392 g/mol. The largest absolute Gasteiger partial charge is 0.489 e. The lowest BCUT2D eigenvalue weighted by Crippen LogP contribution is -2.33. The van der Waals surface area contributed by atoms with E-state index in [1.165, 1.54) is 0 Å². The number of rotatable bonds is 4. The van der Waals surface area contributed by atoms with E-state index in [-0.39, 0.29) is 23.0 Å². The van der Waals surface area contributed by atoms with Crippen LogP contribution in [0.5, 0.6) is 5.75 Å². The van der Waals surface area contributed by atoms with Gasteiger partial charge in [0, 0.05) is 5.56 Å². The molecule has 31 heavy (non-hydrogen) atoms. The van der Waals surface area contributed by atoms with Gasteiger partial charge in [-0.05, 0) is 23.3 Å². The number of pyridine rings is 1. The van der Waals surface area contributed by atoms with E-state index in [1.54, 1.807) is 0 Å². The molecule has 1 unspecified atom stereocenters. The Balaban J connectivity index is 1.81. The van der Waals surface area contributed by atoms with Crippen molar-refractivity contribution in [1.29, 1.82) is 10.5 Å². The van der Waals surface area contributed by atoms with Gasteiger partial charge in [-0.15, -0.1) is 0 Å². The first-order valence-corrected chi connectivity index (χ1v) is 9.37. The second-order valence-electron chi connectivity index (χ2n) is 6.70. The number of nitrogens with one attached hydrogen (secondary N) is 2. The van der Waals surface area contributed by atoms with Gasteiger partial charge < -0.3 is 21.5 Å². The van der Waals surface area contributed by atoms with E-state index in [9.17, 15) is 5.26 Å². The smallest absolute Gasteiger partial charge is 0.211 e. The second kappa shape index (κ2) is 8.31. The molecule has 2 aromatic carbocycles. The number of guanidine groups is 1. The van der Waals surface area contributed by atoms with Gasteiger partial charge in [-0.25, -0.2) is 9.98 Å². The molecule has 0 bridgehead atoms. The SMILES string of the molecule is N#CNC1=NC(c2ccccc2COc2ccccc2)c2c(nc(N)c(C#N)c2N)N1. The zero-order chi connectivity index (χ0) is 21.8. The Labute approximate surface area is 178 Å². The lowest BCUT2D eigenvalue weighted by Gasteiger charge is -2.27. The van der Waals surface area contributed by atoms with Gasteiger partial charge in [-0.3, -0.25) is 5.32 Å². The molecule has 1 aliphatic rings. The highest BCUT2D eigenvalue weighted by Gasteiger charge is 2.30. The van der Waals surface area contributed by atoms with Crippen molar-refractivity contribution in [2.45, 2.75) is 12.6 Å². The molecule has 9 nitrogen and oxygen atoms in total. The number of anilines is 3. The Hall–Kier alpha value is -4.76. The van der Waals surface area contributed by atoms with Crippen LogP contribution in [0.3, 0.4) is 0 Å². The number of nitriles is 2. The van der Waals surface area contributed by atoms with Gasteiger partial charge >= 0.3 is 0 Å². The molecule has 0 spiro atoms. The minimum absolute atomic E-state index is 0.00361. The molecular formula is C22H18N8O. The number of aliphatic imine (C=N–C) groups is 1. The zero-order valence-electron chi connectivity index (χ0n) is 16.3. The van der Waals surface area contributed by atoms with E-state index >= 15 is 0 Å². The Morgan fingerprint density at radius 3 is 2.55 bits per heavy atom. The maximum absolute atomic E-state index is 9.48. The van der Waals surface area contributed by atoms with Crippen molar-refractivity contribution < 1.29 is 4.74 Å². The van der Waals surface area contributed by atoms with Crippen molar-refractivity contribution in [2.75, 3.05) is 16.8 Å². The molecule has 1 aromatic heterocycles. The number of hydrogen-bond donors (Lipinski definition) is 4. The van der Waals surface area contributed by atoms with Gasteiger partial charge in [0.2, 0.25) is 5.96 Å². The summed E-state index contributed by atoms with van der Waals surface area (Å²) >= 11 is 0. The molecule has 0 saturated heterocycles. The first-order valence-electron chi connectivity index (χ1n) is 9.37. The summed E-state index contributed by atoms with van der Waals surface area (Å²) in [5, 5.41) is 24.0. The lowest BCUT2D eigenvalue weighted by atomic mass is 9.92. The minimum Gasteiger partial charge on any atom is -0.489 e. The maximum atomic E-state index is 9.48. The zero-order valence-corrected chi connectivity index (χ0v) is 16.3. The Morgan fingerprint density at radius 2 is 1.81 bits per heavy atom. The van der Waals surface area contributed by atoms with Gasteiger partial charge in [0.15, 0.2) is 6.19 Å². The summed E-state index contributed by atoms with van der Waals surface area (Å²) in [6.07, 6.45) is 1.84. The van der Waals surface area contributed by atoms with Crippen LogP contribution in [0.15, 0.2) is 59.6 Å². The van der Waals surface area contributed by atoms with Crippen LogP contribution in [0.25, 0.3) is 0 Å². The molecule has 0 fully saturated rings. The van der Waals surface area contributed by atoms with Gasteiger partial charge in [0.05, 0.1) is 5.69 Å². The average Bonchev–Trinajstić information content (AvgIpc) is 2.78. The first kappa shape index (κ1) is 19.6. The van der Waals surface area contributed by atoms with Crippen molar-refractivity contribution in [2.24, 2.45) is 4.99 Å². The second-order valence-corrected chi connectivity index (χ2v) is 6.70. The number of nitrogens with zero attached hydrogens (tertiary/aromatic N) is 4. The van der Waals surface area contributed by atoms with E-state index in [2.05, 4.69) is 20.6 Å². The topological polar surface area (TPSA) is 158 Å². The van der Waals surface area contributed by atoms with Gasteiger partial charge in [-0.2, -0.15) is 10.5 Å². The summed E-state index contributed by atoms with van der Waals surface area (Å²) in [4.78, 5) is 8.89. The first-order chi connectivity index (χ1) is 15.1.